The van der Waals surface area contributed by atoms with Gasteiger partial charge in [0.25, 0.3) is 0 Å². The van der Waals surface area contributed by atoms with Gasteiger partial charge in [0.1, 0.15) is 4.90 Å². The third-order valence-electron chi connectivity index (χ3n) is 4.08. The van der Waals surface area contributed by atoms with Crippen LogP contribution in [0, 0.1) is 0 Å². The van der Waals surface area contributed by atoms with E-state index in [2.05, 4.69) is 54.0 Å². The summed E-state index contributed by atoms with van der Waals surface area (Å²) in [6.45, 7) is 0. The van der Waals surface area contributed by atoms with Crippen LogP contribution < -0.4 is 9.47 Å². The summed E-state index contributed by atoms with van der Waals surface area (Å²) in [5.41, 5.74) is 0. The summed E-state index contributed by atoms with van der Waals surface area (Å²) in [6, 6.07) is 23.1. The molecule has 0 saturated heterocycles. The Morgan fingerprint density at radius 1 is 0.788 bits per heavy atom. The van der Waals surface area contributed by atoms with E-state index in [9.17, 15) is 4.21 Å². The first-order valence-corrected chi connectivity index (χ1v) is 13.2. The summed E-state index contributed by atoms with van der Waals surface area (Å²) in [5.74, 6) is 1.03. The highest BCUT2D eigenvalue weighted by atomic mass is 79.9. The quantitative estimate of drug-likeness (QED) is 0.235. The molecule has 0 spiro atoms. The molecule has 2 heterocycles. The molecule has 0 aliphatic rings. The molecule has 0 aliphatic carbocycles. The van der Waals surface area contributed by atoms with Crippen LogP contribution in [0.4, 0.5) is 0 Å². The van der Waals surface area contributed by atoms with Crippen molar-refractivity contribution in [1.29, 1.82) is 0 Å². The van der Waals surface area contributed by atoms with Crippen molar-refractivity contribution >= 4 is 54.4 Å². The van der Waals surface area contributed by atoms with Crippen LogP contribution >= 0.6 is 43.6 Å². The van der Waals surface area contributed by atoms with E-state index in [0.717, 1.165) is 18.7 Å². The maximum Gasteiger partial charge on any atom is 0.230 e. The minimum Gasteiger partial charge on any atom is -0.480 e. The molecule has 5 nitrogen and oxygen atoms in total. The van der Waals surface area contributed by atoms with Crippen LogP contribution in [0.5, 0.6) is 11.8 Å². The zero-order valence-electron chi connectivity index (χ0n) is 17.8. The molecule has 0 fully saturated rings. The summed E-state index contributed by atoms with van der Waals surface area (Å²) in [7, 11) is 1.86. The van der Waals surface area contributed by atoms with Crippen LogP contribution in [-0.2, 0) is 10.8 Å². The van der Waals surface area contributed by atoms with E-state index in [1.54, 1.807) is 37.3 Å². The lowest BCUT2D eigenvalue weighted by atomic mass is 10.4. The number of benzene rings is 2. The first kappa shape index (κ1) is 25.4. The fraction of sp³-hybridized carbons (Fsp3) is 0.0833. The van der Waals surface area contributed by atoms with Gasteiger partial charge in [-0.2, -0.15) is 0 Å². The van der Waals surface area contributed by atoms with E-state index < -0.39 is 10.8 Å². The Kier molecular flexibility index (Phi) is 9.93. The van der Waals surface area contributed by atoms with Crippen LogP contribution in [0.3, 0.4) is 0 Å². The zero-order valence-corrected chi connectivity index (χ0v) is 22.6. The standard InChI is InChI=1S/C12H10BrNO2S.C12H10BrNOS/c1-16-12-11(7-9(13)8-14-12)17(15)10-5-3-2-4-6-10;1-15-12-11(7-9(13)8-14-12)16-10-5-3-2-4-6-10/h2-8H,1H3;2-8H,1H3. The van der Waals surface area contributed by atoms with Gasteiger partial charge in [-0.25, -0.2) is 14.2 Å². The number of aromatic nitrogens is 2. The van der Waals surface area contributed by atoms with Gasteiger partial charge in [0.15, 0.2) is 0 Å². The van der Waals surface area contributed by atoms with Crippen molar-refractivity contribution < 1.29 is 13.7 Å². The largest absolute Gasteiger partial charge is 0.480 e. The molecule has 9 heteroatoms. The average Bonchev–Trinajstić information content (AvgIpc) is 2.85. The molecule has 1 unspecified atom stereocenters. The highest BCUT2D eigenvalue weighted by Gasteiger charge is 2.14. The van der Waals surface area contributed by atoms with E-state index in [1.807, 2.05) is 54.6 Å². The molecule has 1 atom stereocenters. The Morgan fingerprint density at radius 2 is 1.33 bits per heavy atom. The first-order valence-electron chi connectivity index (χ1n) is 9.60. The second-order valence-corrected chi connectivity index (χ2v) is 10.7. The summed E-state index contributed by atoms with van der Waals surface area (Å²) in [5, 5.41) is 0. The summed E-state index contributed by atoms with van der Waals surface area (Å²) in [4.78, 5) is 11.7. The second kappa shape index (κ2) is 12.9. The predicted octanol–water partition coefficient (Wildman–Crippen LogP) is 7.02. The highest BCUT2D eigenvalue weighted by molar-refractivity contribution is 9.10. The monoisotopic (exact) mass is 606 g/mol. The van der Waals surface area contributed by atoms with Gasteiger partial charge in [0, 0.05) is 31.1 Å². The van der Waals surface area contributed by atoms with Crippen molar-refractivity contribution in [1.82, 2.24) is 9.97 Å². The molecule has 2 aromatic heterocycles. The molecule has 33 heavy (non-hydrogen) atoms. The second-order valence-electron chi connectivity index (χ2n) is 6.32. The van der Waals surface area contributed by atoms with Gasteiger partial charge in [-0.05, 0) is 68.3 Å². The molecule has 0 aliphatic heterocycles. The molecular formula is C24H20Br2N2O3S2. The molecule has 4 aromatic rings. The average molecular weight is 608 g/mol. The lowest BCUT2D eigenvalue weighted by Gasteiger charge is -2.07. The van der Waals surface area contributed by atoms with Crippen molar-refractivity contribution in [3.8, 4) is 11.8 Å². The topological polar surface area (TPSA) is 61.3 Å². The highest BCUT2D eigenvalue weighted by Crippen LogP contribution is 2.34. The molecule has 0 saturated carbocycles. The molecular weight excluding hydrogens is 588 g/mol. The van der Waals surface area contributed by atoms with Gasteiger partial charge >= 0.3 is 0 Å². The number of nitrogens with zero attached hydrogens (tertiary/aromatic N) is 2. The van der Waals surface area contributed by atoms with E-state index in [1.165, 1.54) is 12.0 Å². The van der Waals surface area contributed by atoms with Crippen LogP contribution in [0.25, 0.3) is 0 Å². The van der Waals surface area contributed by atoms with Gasteiger partial charge in [0.05, 0.1) is 29.9 Å². The lowest BCUT2D eigenvalue weighted by Crippen LogP contribution is -1.99. The normalized spacial score (nSPS) is 11.2. The molecule has 2 aromatic carbocycles. The smallest absolute Gasteiger partial charge is 0.230 e. The maximum atomic E-state index is 12.3. The fourth-order valence-electron chi connectivity index (χ4n) is 2.62. The van der Waals surface area contributed by atoms with Crippen LogP contribution in [-0.4, -0.2) is 28.4 Å². The van der Waals surface area contributed by atoms with E-state index in [-0.39, 0.29) is 0 Å². The summed E-state index contributed by atoms with van der Waals surface area (Å²) < 4.78 is 24.4. The van der Waals surface area contributed by atoms with Crippen molar-refractivity contribution in [3.05, 3.63) is 94.1 Å². The van der Waals surface area contributed by atoms with Gasteiger partial charge in [0.2, 0.25) is 11.8 Å². The number of hydrogen-bond acceptors (Lipinski definition) is 6. The number of pyridine rings is 2. The predicted molar refractivity (Wildman–Crippen MR) is 139 cm³/mol. The van der Waals surface area contributed by atoms with Crippen LogP contribution in [0.2, 0.25) is 0 Å². The molecule has 0 radical (unpaired) electrons. The fourth-order valence-corrected chi connectivity index (χ4v) is 5.72. The number of halogens is 2. The SMILES string of the molecule is COc1ncc(Br)cc1S(=O)c1ccccc1.COc1ncc(Br)cc1Sc1ccccc1. The molecule has 0 bridgehead atoms. The summed E-state index contributed by atoms with van der Waals surface area (Å²) in [6.07, 6.45) is 3.35. The molecule has 4 rings (SSSR count). The van der Waals surface area contributed by atoms with Crippen LogP contribution in [0.1, 0.15) is 0 Å². The van der Waals surface area contributed by atoms with Gasteiger partial charge in [-0.1, -0.05) is 48.2 Å². The Labute approximate surface area is 216 Å². The van der Waals surface area contributed by atoms with Crippen molar-refractivity contribution in [2.45, 2.75) is 19.6 Å². The van der Waals surface area contributed by atoms with Crippen molar-refractivity contribution in [2.24, 2.45) is 0 Å². The summed E-state index contributed by atoms with van der Waals surface area (Å²) >= 11 is 8.36. The third-order valence-corrected chi connectivity index (χ3v) is 7.36. The number of rotatable bonds is 6. The third kappa shape index (κ3) is 7.40. The number of methoxy groups -OCH3 is 2. The van der Waals surface area contributed by atoms with Crippen molar-refractivity contribution in [2.75, 3.05) is 14.2 Å². The zero-order chi connectivity index (χ0) is 23.6. The molecule has 0 amide bonds. The number of hydrogen-bond donors (Lipinski definition) is 0. The Hall–Kier alpha value is -2.20. The minimum absolute atomic E-state index is 0.385. The van der Waals surface area contributed by atoms with Gasteiger partial charge in [-0.3, -0.25) is 0 Å². The van der Waals surface area contributed by atoms with Gasteiger partial charge in [-0.15, -0.1) is 0 Å². The molecule has 170 valence electrons. The minimum atomic E-state index is -1.29. The van der Waals surface area contributed by atoms with Crippen molar-refractivity contribution in [3.63, 3.8) is 0 Å². The maximum absolute atomic E-state index is 12.3. The lowest BCUT2D eigenvalue weighted by molar-refractivity contribution is 0.386. The van der Waals surface area contributed by atoms with Crippen LogP contribution in [0.15, 0.2) is 114 Å². The Morgan fingerprint density at radius 3 is 1.94 bits per heavy atom. The molecule has 0 N–H and O–H groups in total. The number of ether oxygens (including phenoxy) is 2. The van der Waals surface area contributed by atoms with E-state index in [4.69, 9.17) is 9.47 Å². The van der Waals surface area contributed by atoms with Gasteiger partial charge < -0.3 is 9.47 Å². The Bertz CT molecular complexity index is 1210. The van der Waals surface area contributed by atoms with E-state index >= 15 is 0 Å². The van der Waals surface area contributed by atoms with E-state index in [0.29, 0.717) is 16.7 Å². The first-order chi connectivity index (χ1) is 16.0. The Balaban J connectivity index is 0.000000186.